The highest BCUT2D eigenvalue weighted by atomic mass is 16.2. The molecular weight excluding hydrogens is 711 g/mol. The molecule has 2 heterocycles. The summed E-state index contributed by atoms with van der Waals surface area (Å²) < 4.78 is 0. The van der Waals surface area contributed by atoms with Gasteiger partial charge in [0.2, 0.25) is 0 Å². The minimum Gasteiger partial charge on any atom is -0.349 e. The van der Waals surface area contributed by atoms with Gasteiger partial charge < -0.3 is 16.0 Å². The first-order chi connectivity index (χ1) is 26.9. The molecule has 2 aliphatic heterocycles. The number of piperidine rings is 2. The van der Waals surface area contributed by atoms with Gasteiger partial charge >= 0.3 is 0 Å². The van der Waals surface area contributed by atoms with Crippen LogP contribution in [0.5, 0.6) is 0 Å². The molecule has 2 aromatic carbocycles. The number of carbonyl (C=O) groups is 4. The first-order valence-corrected chi connectivity index (χ1v) is 21.9. The van der Waals surface area contributed by atoms with E-state index in [1.54, 1.807) is 30.3 Å². The van der Waals surface area contributed by atoms with Crippen molar-refractivity contribution in [3.05, 3.63) is 70.8 Å². The molecule has 4 rings (SSSR count). The highest BCUT2D eigenvalue weighted by Gasteiger charge is 2.54. The minimum atomic E-state index is -0.223. The van der Waals surface area contributed by atoms with Crippen LogP contribution in [0.3, 0.4) is 0 Å². The normalized spacial score (nSPS) is 30.8. The van der Waals surface area contributed by atoms with Gasteiger partial charge in [-0.1, -0.05) is 65.8 Å². The lowest BCUT2D eigenvalue weighted by Crippen LogP contribution is -2.70. The third-order valence-corrected chi connectivity index (χ3v) is 15.2. The maximum atomic E-state index is 14.1. The molecule has 0 saturated carbocycles. The fourth-order valence-electron chi connectivity index (χ4n) is 10.4. The van der Waals surface area contributed by atoms with Gasteiger partial charge in [-0.3, -0.25) is 29.0 Å². The van der Waals surface area contributed by atoms with Crippen LogP contribution in [0.15, 0.2) is 48.5 Å². The van der Waals surface area contributed by atoms with Gasteiger partial charge in [0.25, 0.3) is 11.8 Å². The van der Waals surface area contributed by atoms with Crippen LogP contribution in [-0.2, 0) is 0 Å². The molecule has 8 atom stereocenters. The monoisotopic (exact) mass is 786 g/mol. The fraction of sp³-hybridized carbons (Fsp3) is 0.667. The van der Waals surface area contributed by atoms with Crippen molar-refractivity contribution >= 4 is 23.4 Å². The van der Waals surface area contributed by atoms with Gasteiger partial charge in [0, 0.05) is 69.5 Å². The Morgan fingerprint density at radius 2 is 1.07 bits per heavy atom. The molecule has 0 aliphatic carbocycles. The SMILES string of the molecule is CCC1(C)CC(NC(=O)c2cccc(C(=O)NC3CC(C)(CC)N(CCCC(=O)c4cccc(C(C)=O)c4)C(C)(CC)C3C)c2)C(C)C(C)(CC)N1CCCNC. The van der Waals surface area contributed by atoms with Crippen molar-refractivity contribution in [1.29, 1.82) is 0 Å². The van der Waals surface area contributed by atoms with Crippen molar-refractivity contribution in [2.24, 2.45) is 11.8 Å². The molecule has 0 radical (unpaired) electrons. The number of likely N-dealkylation sites (tertiary alicyclic amines) is 2. The highest BCUT2D eigenvalue weighted by Crippen LogP contribution is 2.47. The van der Waals surface area contributed by atoms with Crippen LogP contribution in [0.25, 0.3) is 0 Å². The summed E-state index contributed by atoms with van der Waals surface area (Å²) in [7, 11) is 2.01. The lowest BCUT2D eigenvalue weighted by atomic mass is 9.66. The van der Waals surface area contributed by atoms with Crippen LogP contribution >= 0.6 is 0 Å². The smallest absolute Gasteiger partial charge is 0.251 e. The number of carbonyl (C=O) groups excluding carboxylic acids is 4. The highest BCUT2D eigenvalue weighted by molar-refractivity contribution is 6.01. The summed E-state index contributed by atoms with van der Waals surface area (Å²) >= 11 is 0. The second-order valence-corrected chi connectivity index (χ2v) is 18.3. The number of hydrogen-bond acceptors (Lipinski definition) is 7. The molecule has 0 spiro atoms. The Hall–Kier alpha value is -3.40. The first kappa shape index (κ1) is 46.3. The van der Waals surface area contributed by atoms with E-state index in [0.29, 0.717) is 35.1 Å². The Morgan fingerprint density at radius 1 is 0.649 bits per heavy atom. The van der Waals surface area contributed by atoms with E-state index in [9.17, 15) is 19.2 Å². The Balaban J connectivity index is 1.46. The Morgan fingerprint density at radius 3 is 1.49 bits per heavy atom. The van der Waals surface area contributed by atoms with Crippen molar-refractivity contribution < 1.29 is 19.2 Å². The summed E-state index contributed by atoms with van der Waals surface area (Å²) in [4.78, 5) is 58.5. The van der Waals surface area contributed by atoms with Gasteiger partial charge in [-0.2, -0.15) is 0 Å². The largest absolute Gasteiger partial charge is 0.349 e. The summed E-state index contributed by atoms with van der Waals surface area (Å²) in [5.41, 5.74) is 1.60. The van der Waals surface area contributed by atoms with Crippen LogP contribution in [-0.4, -0.2) is 94.1 Å². The van der Waals surface area contributed by atoms with Crippen molar-refractivity contribution in [3.8, 4) is 0 Å². The van der Waals surface area contributed by atoms with Crippen LogP contribution in [0.4, 0.5) is 0 Å². The van der Waals surface area contributed by atoms with Gasteiger partial charge in [-0.25, -0.2) is 0 Å². The number of Topliss-reactive ketones (excluding diaryl/α,β-unsaturated/α-hetero) is 2. The molecule has 2 saturated heterocycles. The lowest BCUT2D eigenvalue weighted by Gasteiger charge is -2.61. The zero-order chi connectivity index (χ0) is 42.3. The van der Waals surface area contributed by atoms with E-state index in [4.69, 9.17) is 0 Å². The Labute approximate surface area is 344 Å². The van der Waals surface area contributed by atoms with E-state index in [1.165, 1.54) is 6.92 Å². The summed E-state index contributed by atoms with van der Waals surface area (Å²) in [5.74, 6) is 0.0832. The zero-order valence-corrected chi connectivity index (χ0v) is 37.4. The van der Waals surface area contributed by atoms with Crippen molar-refractivity contribution in [1.82, 2.24) is 25.8 Å². The number of rotatable bonds is 18. The number of benzene rings is 2. The third-order valence-electron chi connectivity index (χ3n) is 15.2. The standard InChI is InChI=1S/C48H75N5O4/c1-13-45(8)31-40(33(5)47(10,15-3)52(45)27-19-25-42(55)37-22-17-21-36(29-37)35(7)54)50-43(56)38-23-18-24-39(30-38)44(57)51-41-32-46(9,14-2)53(28-20-26-49-12)48(11,16-4)34(41)6/h17-18,21-24,29-30,33-34,40-41,49H,13-16,19-20,25-28,31-32H2,1-12H3,(H,50,56)(H,51,57). The molecule has 2 aromatic rings. The molecule has 3 N–H and O–H groups in total. The number of hydrogen-bond donors (Lipinski definition) is 3. The molecule has 8 unspecified atom stereocenters. The molecule has 0 bridgehead atoms. The summed E-state index contributed by atoms with van der Waals surface area (Å²) in [6, 6.07) is 14.1. The quantitative estimate of drug-likeness (QED) is 0.102. The van der Waals surface area contributed by atoms with Gasteiger partial charge in [0.15, 0.2) is 11.6 Å². The topological polar surface area (TPSA) is 111 Å². The number of ketones is 2. The van der Waals surface area contributed by atoms with Crippen LogP contribution in [0.2, 0.25) is 0 Å². The molecular formula is C48H75N5O4. The summed E-state index contributed by atoms with van der Waals surface area (Å²) in [5, 5.41) is 10.2. The van der Waals surface area contributed by atoms with Crippen molar-refractivity contribution in [2.45, 2.75) is 168 Å². The first-order valence-electron chi connectivity index (χ1n) is 21.9. The van der Waals surface area contributed by atoms with Crippen LogP contribution in [0, 0.1) is 11.8 Å². The predicted octanol–water partition coefficient (Wildman–Crippen LogP) is 8.72. The van der Waals surface area contributed by atoms with Crippen LogP contribution in [0.1, 0.15) is 175 Å². The molecule has 2 aliphatic rings. The van der Waals surface area contributed by atoms with E-state index >= 15 is 0 Å². The average molecular weight is 786 g/mol. The van der Waals surface area contributed by atoms with Crippen molar-refractivity contribution in [3.63, 3.8) is 0 Å². The molecule has 57 heavy (non-hydrogen) atoms. The Kier molecular flexibility index (Phi) is 15.5. The predicted molar refractivity (Wildman–Crippen MR) is 233 cm³/mol. The lowest BCUT2D eigenvalue weighted by molar-refractivity contribution is -0.0957. The minimum absolute atomic E-state index is 0.00551. The van der Waals surface area contributed by atoms with E-state index in [2.05, 4.69) is 95.0 Å². The molecule has 9 heteroatoms. The number of nitrogens with zero attached hydrogens (tertiary/aromatic N) is 2. The number of nitrogens with one attached hydrogen (secondary N) is 3. The molecule has 2 fully saturated rings. The van der Waals surface area contributed by atoms with Crippen molar-refractivity contribution in [2.75, 3.05) is 26.7 Å². The zero-order valence-electron chi connectivity index (χ0n) is 37.4. The third kappa shape index (κ3) is 9.74. The average Bonchev–Trinajstić information content (AvgIpc) is 3.21. The fourth-order valence-corrected chi connectivity index (χ4v) is 10.4. The molecule has 9 nitrogen and oxygen atoms in total. The molecule has 0 aromatic heterocycles. The van der Waals surface area contributed by atoms with E-state index in [0.717, 1.165) is 64.6 Å². The Bertz CT molecular complexity index is 1730. The summed E-state index contributed by atoms with van der Waals surface area (Å²) in [6.45, 7) is 27.1. The van der Waals surface area contributed by atoms with Crippen LogP contribution < -0.4 is 16.0 Å². The molecule has 2 amide bonds. The van der Waals surface area contributed by atoms with Gasteiger partial charge in [0.1, 0.15) is 0 Å². The second-order valence-electron chi connectivity index (χ2n) is 18.3. The number of amides is 2. The maximum absolute atomic E-state index is 14.1. The van der Waals surface area contributed by atoms with E-state index in [1.807, 2.05) is 25.2 Å². The van der Waals surface area contributed by atoms with Gasteiger partial charge in [-0.05, 0) is 142 Å². The van der Waals surface area contributed by atoms with E-state index in [-0.39, 0.29) is 69.5 Å². The van der Waals surface area contributed by atoms with Gasteiger partial charge in [-0.15, -0.1) is 0 Å². The maximum Gasteiger partial charge on any atom is 0.251 e. The van der Waals surface area contributed by atoms with Gasteiger partial charge in [0.05, 0.1) is 0 Å². The molecule has 316 valence electrons. The van der Waals surface area contributed by atoms with E-state index < -0.39 is 0 Å². The summed E-state index contributed by atoms with van der Waals surface area (Å²) in [6.07, 6.45) is 7.62. The second kappa shape index (κ2) is 19.1.